The average Bonchev–Trinajstić information content (AvgIpc) is 2.98. The monoisotopic (exact) mass is 250 g/mol. The van der Waals surface area contributed by atoms with Gasteiger partial charge in [0.05, 0.1) is 5.92 Å². The molecule has 3 rings (SSSR count). The van der Waals surface area contributed by atoms with E-state index in [1.54, 1.807) is 0 Å². The maximum atomic E-state index is 12.2. The highest BCUT2D eigenvalue weighted by Crippen LogP contribution is 2.33. The van der Waals surface area contributed by atoms with E-state index >= 15 is 0 Å². The molecular weight excluding hydrogens is 224 g/mol. The van der Waals surface area contributed by atoms with E-state index in [4.69, 9.17) is 0 Å². The maximum absolute atomic E-state index is 12.2. The number of amides is 1. The summed E-state index contributed by atoms with van der Waals surface area (Å²) in [6.07, 6.45) is 8.86. The summed E-state index contributed by atoms with van der Waals surface area (Å²) < 4.78 is 0. The average molecular weight is 250 g/mol. The Balaban J connectivity index is 1.44. The van der Waals surface area contributed by atoms with Crippen molar-refractivity contribution < 1.29 is 4.79 Å². The summed E-state index contributed by atoms with van der Waals surface area (Å²) in [4.78, 5) is 12.2. The minimum Gasteiger partial charge on any atom is -0.356 e. The molecule has 5 atom stereocenters. The smallest absolute Gasteiger partial charge is 0.224 e. The molecular formula is C15H26N2O. The molecule has 0 aromatic carbocycles. The highest BCUT2D eigenvalue weighted by molar-refractivity contribution is 5.80. The molecule has 1 saturated carbocycles. The van der Waals surface area contributed by atoms with Crippen molar-refractivity contribution in [2.24, 2.45) is 17.8 Å². The van der Waals surface area contributed by atoms with E-state index in [0.717, 1.165) is 24.8 Å². The SMILES string of the molecule is CC1CCCC(CNC(=O)C2CC3CCC2N3)C1. The highest BCUT2D eigenvalue weighted by atomic mass is 16.1. The summed E-state index contributed by atoms with van der Waals surface area (Å²) >= 11 is 0. The van der Waals surface area contributed by atoms with E-state index in [9.17, 15) is 4.79 Å². The Morgan fingerprint density at radius 2 is 2.11 bits per heavy atom. The molecule has 2 N–H and O–H groups in total. The Labute approximate surface area is 110 Å². The number of hydrogen-bond acceptors (Lipinski definition) is 2. The Morgan fingerprint density at radius 1 is 1.22 bits per heavy atom. The van der Waals surface area contributed by atoms with Crippen LogP contribution in [0.5, 0.6) is 0 Å². The van der Waals surface area contributed by atoms with Crippen molar-refractivity contribution >= 4 is 5.91 Å². The Bertz CT molecular complexity index is 318. The van der Waals surface area contributed by atoms with Gasteiger partial charge < -0.3 is 10.6 Å². The van der Waals surface area contributed by atoms with Crippen LogP contribution in [0.15, 0.2) is 0 Å². The second-order valence-corrected chi connectivity index (χ2v) is 6.77. The third-order valence-electron chi connectivity index (χ3n) is 5.25. The van der Waals surface area contributed by atoms with E-state index in [1.807, 2.05) is 0 Å². The van der Waals surface area contributed by atoms with Gasteiger partial charge in [-0.05, 0) is 43.9 Å². The molecule has 3 heteroatoms. The third kappa shape index (κ3) is 2.56. The predicted molar refractivity (Wildman–Crippen MR) is 72.2 cm³/mol. The van der Waals surface area contributed by atoms with Crippen LogP contribution in [-0.4, -0.2) is 24.5 Å². The predicted octanol–water partition coefficient (Wildman–Crippen LogP) is 2.07. The van der Waals surface area contributed by atoms with Gasteiger partial charge in [0.1, 0.15) is 0 Å². The van der Waals surface area contributed by atoms with E-state index in [-0.39, 0.29) is 5.92 Å². The number of rotatable bonds is 3. The molecule has 1 amide bonds. The zero-order valence-electron chi connectivity index (χ0n) is 11.5. The molecule has 5 unspecified atom stereocenters. The van der Waals surface area contributed by atoms with Gasteiger partial charge in [0.2, 0.25) is 5.91 Å². The van der Waals surface area contributed by atoms with Crippen LogP contribution >= 0.6 is 0 Å². The number of fused-ring (bicyclic) bond motifs is 2. The van der Waals surface area contributed by atoms with E-state index in [2.05, 4.69) is 17.6 Å². The molecule has 0 aromatic rings. The van der Waals surface area contributed by atoms with Crippen LogP contribution in [0, 0.1) is 17.8 Å². The molecule has 2 heterocycles. The van der Waals surface area contributed by atoms with E-state index < -0.39 is 0 Å². The third-order valence-corrected chi connectivity index (χ3v) is 5.25. The molecule has 3 nitrogen and oxygen atoms in total. The first kappa shape index (κ1) is 12.5. The minimum absolute atomic E-state index is 0.254. The fraction of sp³-hybridized carbons (Fsp3) is 0.933. The summed E-state index contributed by atoms with van der Waals surface area (Å²) in [6, 6.07) is 1.10. The van der Waals surface area contributed by atoms with Crippen LogP contribution in [0.3, 0.4) is 0 Å². The standard InChI is InChI=1S/C15H26N2O/c1-10-3-2-4-11(7-10)9-16-15(18)13-8-12-5-6-14(13)17-12/h10-14,17H,2-9H2,1H3,(H,16,18). The molecule has 2 bridgehead atoms. The molecule has 18 heavy (non-hydrogen) atoms. The number of carbonyl (C=O) groups is 1. The zero-order chi connectivity index (χ0) is 12.5. The quantitative estimate of drug-likeness (QED) is 0.805. The molecule has 0 radical (unpaired) electrons. The van der Waals surface area contributed by atoms with Gasteiger partial charge in [-0.3, -0.25) is 4.79 Å². The lowest BCUT2D eigenvalue weighted by Gasteiger charge is -2.28. The topological polar surface area (TPSA) is 41.1 Å². The first-order chi connectivity index (χ1) is 8.72. The van der Waals surface area contributed by atoms with Crippen LogP contribution < -0.4 is 10.6 Å². The minimum atomic E-state index is 0.254. The van der Waals surface area contributed by atoms with Crippen LogP contribution in [0.25, 0.3) is 0 Å². The van der Waals surface area contributed by atoms with Crippen molar-refractivity contribution in [3.8, 4) is 0 Å². The molecule has 0 aromatic heterocycles. The summed E-state index contributed by atoms with van der Waals surface area (Å²) in [7, 11) is 0. The van der Waals surface area contributed by atoms with E-state index in [1.165, 1.54) is 38.5 Å². The van der Waals surface area contributed by atoms with Gasteiger partial charge in [0, 0.05) is 18.6 Å². The second-order valence-electron chi connectivity index (χ2n) is 6.77. The summed E-state index contributed by atoms with van der Waals surface area (Å²) in [5, 5.41) is 6.76. The van der Waals surface area contributed by atoms with Gasteiger partial charge in [0.25, 0.3) is 0 Å². The largest absolute Gasteiger partial charge is 0.356 e. The first-order valence-electron chi connectivity index (χ1n) is 7.76. The normalized spacial score (nSPS) is 43.1. The van der Waals surface area contributed by atoms with Crippen molar-refractivity contribution in [1.29, 1.82) is 0 Å². The highest BCUT2D eigenvalue weighted by Gasteiger charge is 2.42. The van der Waals surface area contributed by atoms with Crippen LogP contribution in [-0.2, 0) is 4.79 Å². The van der Waals surface area contributed by atoms with Crippen LogP contribution in [0.1, 0.15) is 51.9 Å². The molecule has 1 aliphatic carbocycles. The lowest BCUT2D eigenvalue weighted by atomic mass is 9.82. The van der Waals surface area contributed by atoms with Crippen molar-refractivity contribution in [2.45, 2.75) is 64.0 Å². The van der Waals surface area contributed by atoms with Gasteiger partial charge >= 0.3 is 0 Å². The van der Waals surface area contributed by atoms with Crippen LogP contribution in [0.2, 0.25) is 0 Å². The molecule has 2 saturated heterocycles. The van der Waals surface area contributed by atoms with Gasteiger partial charge in [-0.15, -0.1) is 0 Å². The molecule has 0 spiro atoms. The van der Waals surface area contributed by atoms with Crippen molar-refractivity contribution in [2.75, 3.05) is 6.54 Å². The molecule has 102 valence electrons. The fourth-order valence-corrected chi connectivity index (χ4v) is 4.24. The van der Waals surface area contributed by atoms with Crippen LogP contribution in [0.4, 0.5) is 0 Å². The summed E-state index contributed by atoms with van der Waals surface area (Å²) in [5.74, 6) is 2.15. The second kappa shape index (κ2) is 5.20. The molecule has 2 aliphatic heterocycles. The Hall–Kier alpha value is -0.570. The maximum Gasteiger partial charge on any atom is 0.224 e. The van der Waals surface area contributed by atoms with Gasteiger partial charge in [-0.25, -0.2) is 0 Å². The number of nitrogens with one attached hydrogen (secondary N) is 2. The number of hydrogen-bond donors (Lipinski definition) is 2. The summed E-state index contributed by atoms with van der Waals surface area (Å²) in [5.41, 5.74) is 0. The number of carbonyl (C=O) groups excluding carboxylic acids is 1. The van der Waals surface area contributed by atoms with Crippen molar-refractivity contribution in [1.82, 2.24) is 10.6 Å². The Kier molecular flexibility index (Phi) is 3.60. The lowest BCUT2D eigenvalue weighted by molar-refractivity contribution is -0.125. The Morgan fingerprint density at radius 3 is 2.78 bits per heavy atom. The lowest BCUT2D eigenvalue weighted by Crippen LogP contribution is -2.40. The first-order valence-corrected chi connectivity index (χ1v) is 7.76. The molecule has 3 aliphatic rings. The van der Waals surface area contributed by atoms with Gasteiger partial charge in [-0.1, -0.05) is 19.8 Å². The van der Waals surface area contributed by atoms with E-state index in [0.29, 0.717) is 18.0 Å². The summed E-state index contributed by atoms with van der Waals surface area (Å²) in [6.45, 7) is 3.25. The van der Waals surface area contributed by atoms with Crippen molar-refractivity contribution in [3.05, 3.63) is 0 Å². The van der Waals surface area contributed by atoms with Gasteiger partial charge in [0.15, 0.2) is 0 Å². The fourth-order valence-electron chi connectivity index (χ4n) is 4.24. The zero-order valence-corrected chi connectivity index (χ0v) is 11.5. The van der Waals surface area contributed by atoms with Crippen molar-refractivity contribution in [3.63, 3.8) is 0 Å². The van der Waals surface area contributed by atoms with Gasteiger partial charge in [-0.2, -0.15) is 0 Å². The molecule has 3 fully saturated rings.